The van der Waals surface area contributed by atoms with E-state index in [1.807, 2.05) is 0 Å². The lowest BCUT2D eigenvalue weighted by Gasteiger charge is -2.24. The van der Waals surface area contributed by atoms with E-state index in [4.69, 9.17) is 21.8 Å². The fraction of sp³-hybridized carbons (Fsp3) is 0.467. The number of hydrogen-bond acceptors (Lipinski definition) is 12. The molecule has 0 spiro atoms. The zero-order valence-corrected chi connectivity index (χ0v) is 24.6. The van der Waals surface area contributed by atoms with Crippen molar-refractivity contribution in [1.29, 1.82) is 0 Å². The van der Waals surface area contributed by atoms with Crippen LogP contribution in [0.25, 0.3) is 0 Å². The molecule has 1 aliphatic rings. The van der Waals surface area contributed by atoms with Crippen LogP contribution in [-0.4, -0.2) is 84.5 Å². The molecule has 13 heteroatoms. The fourth-order valence-electron chi connectivity index (χ4n) is 4.40. The number of ether oxygens (including phenoxy) is 2. The Labute approximate surface area is 267 Å². The number of nitrogens with one attached hydrogen (secondary N) is 1. The summed E-state index contributed by atoms with van der Waals surface area (Å²) in [5.41, 5.74) is -1.57. The van der Waals surface area contributed by atoms with E-state index in [1.54, 1.807) is 46.8 Å². The van der Waals surface area contributed by atoms with Gasteiger partial charge < -0.3 is 29.5 Å². The smallest absolute Gasteiger partial charge is 0.343 e. The lowest BCUT2D eigenvalue weighted by Crippen LogP contribution is -2.29. The summed E-state index contributed by atoms with van der Waals surface area (Å²) >= 11 is 0. The van der Waals surface area contributed by atoms with E-state index in [2.05, 4.69) is 20.3 Å². The molecule has 2 aromatic heterocycles. The van der Waals surface area contributed by atoms with E-state index in [1.165, 1.54) is 12.0 Å². The van der Waals surface area contributed by atoms with Gasteiger partial charge in [-0.25, -0.2) is 9.78 Å². The van der Waals surface area contributed by atoms with Crippen molar-refractivity contribution >= 4 is 40.5 Å². The highest BCUT2D eigenvalue weighted by Crippen LogP contribution is 2.44. The molecule has 0 saturated heterocycles. The summed E-state index contributed by atoms with van der Waals surface area (Å²) < 4.78 is 99.3. The number of rotatable bonds is 11. The standard InChI is InChI=1S/C30H40N8O5/c1-18(2)43-28(39)20-16-31-29(34-27(20)37-17-30(4,5)26-22(37)11-10-19(3)32-26)33-21-14-24(38(40)41)23(15-25(21)42-9)36(8)13-12-35(6)7/h10-11,14-16,18H,12-13,17H2,1-9H3,(H,31,33,34)/i6D3,7D3,8D3,17D2. The first-order valence-corrected chi connectivity index (χ1v) is 13.2. The van der Waals surface area contributed by atoms with Crippen LogP contribution in [0.3, 0.4) is 0 Å². The van der Waals surface area contributed by atoms with Gasteiger partial charge in [-0.15, -0.1) is 0 Å². The lowest BCUT2D eigenvalue weighted by atomic mass is 9.91. The van der Waals surface area contributed by atoms with Crippen molar-refractivity contribution in [2.24, 2.45) is 0 Å². The molecule has 3 heterocycles. The van der Waals surface area contributed by atoms with Crippen molar-refractivity contribution in [3.05, 3.63) is 57.5 Å². The SMILES string of the molecule is [2H]C([2H])([2H])N(CCN(C([2H])([2H])[2H])C([2H])([2H])[2H])c1cc(OC)c(Nc2ncc(C(=O)OC(C)C)c(N3c4ccc(C)nc4C(C)(C)C3([2H])[2H])n2)cc1[N+](=O)[O-]. The van der Waals surface area contributed by atoms with E-state index in [0.29, 0.717) is 22.0 Å². The molecule has 1 aliphatic heterocycles. The molecule has 13 nitrogen and oxygen atoms in total. The molecule has 0 saturated carbocycles. The third kappa shape index (κ3) is 6.77. The molecule has 0 unspecified atom stereocenters. The fourth-order valence-corrected chi connectivity index (χ4v) is 4.40. The minimum absolute atomic E-state index is 0.132. The minimum atomic E-state index is -3.15. The number of nitro groups is 1. The van der Waals surface area contributed by atoms with Gasteiger partial charge in [-0.05, 0) is 46.9 Å². The highest BCUT2D eigenvalue weighted by molar-refractivity contribution is 5.96. The highest BCUT2D eigenvalue weighted by Gasteiger charge is 2.40. The summed E-state index contributed by atoms with van der Waals surface area (Å²) in [4.78, 5) is 40.0. The van der Waals surface area contributed by atoms with Gasteiger partial charge in [0.25, 0.3) is 5.69 Å². The van der Waals surface area contributed by atoms with Crippen LogP contribution in [0, 0.1) is 17.0 Å². The van der Waals surface area contributed by atoms with Gasteiger partial charge in [0.15, 0.2) is 5.82 Å². The molecular formula is C30H40N8O5. The van der Waals surface area contributed by atoms with E-state index in [-0.39, 0.29) is 33.7 Å². The van der Waals surface area contributed by atoms with Crippen LogP contribution in [-0.2, 0) is 10.2 Å². The predicted molar refractivity (Wildman–Crippen MR) is 166 cm³/mol. The third-order valence-corrected chi connectivity index (χ3v) is 6.36. The van der Waals surface area contributed by atoms with Crippen molar-refractivity contribution in [3.63, 3.8) is 0 Å². The second-order valence-corrected chi connectivity index (χ2v) is 10.5. The molecule has 230 valence electrons. The highest BCUT2D eigenvalue weighted by atomic mass is 16.6. The summed E-state index contributed by atoms with van der Waals surface area (Å²) in [7, 11) is 1.19. The molecule has 3 aromatic rings. The number of nitro benzene ring substituents is 1. The Kier molecular flexibility index (Phi) is 5.65. The Hall–Kier alpha value is -4.52. The predicted octanol–water partition coefficient (Wildman–Crippen LogP) is 4.83. The Morgan fingerprint density at radius 2 is 2.02 bits per heavy atom. The van der Waals surface area contributed by atoms with Gasteiger partial charge in [-0.1, -0.05) is 13.8 Å². The van der Waals surface area contributed by atoms with Gasteiger partial charge in [-0.2, -0.15) is 4.98 Å². The van der Waals surface area contributed by atoms with Crippen molar-refractivity contribution < 1.29 is 34.3 Å². The topological polar surface area (TPSA) is 139 Å². The summed E-state index contributed by atoms with van der Waals surface area (Å²) in [6, 6.07) is 5.24. The number of benzene rings is 1. The van der Waals surface area contributed by atoms with E-state index in [0.717, 1.165) is 18.3 Å². The first kappa shape index (κ1) is 19.6. The van der Waals surface area contributed by atoms with Crippen LogP contribution in [0.5, 0.6) is 5.75 Å². The maximum Gasteiger partial charge on any atom is 0.343 e. The summed E-state index contributed by atoms with van der Waals surface area (Å²) in [6.07, 6.45) is 0.542. The summed E-state index contributed by atoms with van der Waals surface area (Å²) in [6.45, 7) is -4.94. The Morgan fingerprint density at radius 3 is 2.67 bits per heavy atom. The number of fused-ring (bicyclic) bond motifs is 1. The van der Waals surface area contributed by atoms with Gasteiger partial charge in [-0.3, -0.25) is 15.1 Å². The van der Waals surface area contributed by atoms with Crippen LogP contribution >= 0.6 is 0 Å². The van der Waals surface area contributed by atoms with Crippen LogP contribution in [0.15, 0.2) is 30.5 Å². The first-order chi connectivity index (χ1) is 24.6. The van der Waals surface area contributed by atoms with Crippen molar-refractivity contribution in [2.45, 2.75) is 46.1 Å². The number of esters is 1. The molecule has 43 heavy (non-hydrogen) atoms. The number of pyridine rings is 1. The number of carbonyl (C=O) groups excluding carboxylic acids is 1. The van der Waals surface area contributed by atoms with Gasteiger partial charge in [0, 0.05) is 68.3 Å². The molecule has 0 atom stereocenters. The number of hydrogen-bond donors (Lipinski definition) is 1. The number of anilines is 5. The number of methoxy groups -OCH3 is 1. The number of aryl methyl sites for hydroxylation is 1. The molecule has 1 aromatic carbocycles. The largest absolute Gasteiger partial charge is 0.494 e. The van der Waals surface area contributed by atoms with Crippen LogP contribution in [0.4, 0.5) is 34.5 Å². The van der Waals surface area contributed by atoms with E-state index in [9.17, 15) is 17.7 Å². The Bertz CT molecular complexity index is 1910. The van der Waals surface area contributed by atoms with Gasteiger partial charge in [0.05, 0.1) is 37.9 Å². The van der Waals surface area contributed by atoms with Crippen LogP contribution < -0.4 is 19.9 Å². The zero-order valence-electron chi connectivity index (χ0n) is 35.6. The minimum Gasteiger partial charge on any atom is -0.494 e. The normalized spacial score (nSPS) is 19.5. The summed E-state index contributed by atoms with van der Waals surface area (Å²) in [5.74, 6) is -1.53. The lowest BCUT2D eigenvalue weighted by molar-refractivity contribution is -0.384. The number of likely N-dealkylation sites (N-methyl/N-ethyl adjacent to an activating group) is 2. The first-order valence-electron chi connectivity index (χ1n) is 18.7. The Morgan fingerprint density at radius 1 is 1.26 bits per heavy atom. The molecule has 0 amide bonds. The van der Waals surface area contributed by atoms with E-state index < -0.39 is 74.3 Å². The average Bonchev–Trinajstić information content (AvgIpc) is 3.16. The number of carbonyl (C=O) groups is 1. The van der Waals surface area contributed by atoms with Crippen LogP contribution in [0.1, 0.15) is 64.5 Å². The van der Waals surface area contributed by atoms with Gasteiger partial charge in [0.1, 0.15) is 17.0 Å². The second-order valence-electron chi connectivity index (χ2n) is 10.5. The summed E-state index contributed by atoms with van der Waals surface area (Å²) in [5, 5.41) is 15.2. The van der Waals surface area contributed by atoms with Crippen molar-refractivity contribution in [2.75, 3.05) is 62.7 Å². The molecule has 0 bridgehead atoms. The molecule has 0 aliphatic carbocycles. The zero-order chi connectivity index (χ0) is 40.9. The quantitative estimate of drug-likeness (QED) is 0.182. The monoisotopic (exact) mass is 603 g/mol. The molecule has 0 fully saturated rings. The number of nitrogens with zero attached hydrogens (tertiary/aromatic N) is 7. The maximum absolute atomic E-state index is 13.3. The van der Waals surface area contributed by atoms with E-state index >= 15 is 0 Å². The van der Waals surface area contributed by atoms with Gasteiger partial charge in [0.2, 0.25) is 5.95 Å². The Balaban J connectivity index is 1.87. The van der Waals surface area contributed by atoms with Crippen molar-refractivity contribution in [3.8, 4) is 5.75 Å². The third-order valence-electron chi connectivity index (χ3n) is 6.36. The molecule has 4 rings (SSSR count). The van der Waals surface area contributed by atoms with Crippen molar-refractivity contribution in [1.82, 2.24) is 19.9 Å². The van der Waals surface area contributed by atoms with Crippen LogP contribution in [0.2, 0.25) is 0 Å². The average molecular weight is 604 g/mol. The maximum atomic E-state index is 13.3. The van der Waals surface area contributed by atoms with Gasteiger partial charge >= 0.3 is 5.97 Å². The number of aromatic nitrogens is 3. The second kappa shape index (κ2) is 12.4. The molecule has 0 radical (unpaired) electrons. The molecular weight excluding hydrogens is 552 g/mol. The molecule has 1 N–H and O–H groups in total.